The highest BCUT2D eigenvalue weighted by atomic mass is 19.4. The maximum absolute atomic E-state index is 12.7. The van der Waals surface area contributed by atoms with Crippen LogP contribution in [0.1, 0.15) is 37.3 Å². The number of piperidine rings is 1. The van der Waals surface area contributed by atoms with Crippen LogP contribution in [0.5, 0.6) is 0 Å². The van der Waals surface area contributed by atoms with Gasteiger partial charge in [0.05, 0.1) is 6.61 Å². The van der Waals surface area contributed by atoms with E-state index in [0.29, 0.717) is 19.7 Å². The quantitative estimate of drug-likeness (QED) is 0.382. The monoisotopic (exact) mass is 565 g/mol. The lowest BCUT2D eigenvalue weighted by Crippen LogP contribution is -2.43. The van der Waals surface area contributed by atoms with Crippen molar-refractivity contribution in [3.05, 3.63) is 71.8 Å². The molecule has 8 nitrogen and oxygen atoms in total. The van der Waals surface area contributed by atoms with Crippen molar-refractivity contribution in [3.8, 4) is 0 Å². The van der Waals surface area contributed by atoms with Gasteiger partial charge in [-0.1, -0.05) is 60.7 Å². The first-order valence-electron chi connectivity index (χ1n) is 13.4. The highest BCUT2D eigenvalue weighted by Crippen LogP contribution is 2.22. The van der Waals surface area contributed by atoms with Crippen LogP contribution in [-0.2, 0) is 27.3 Å². The van der Waals surface area contributed by atoms with Gasteiger partial charge in [0.15, 0.2) is 0 Å². The Bertz CT molecular complexity index is 1030. The SMILES string of the molecule is CCOC(=O)CNC(=O)N(CCCN1CCC(Cc2ccccc2)CC1)Cc1ccccc1.O=C(O)C(F)(F)F. The van der Waals surface area contributed by atoms with Gasteiger partial charge in [0.2, 0.25) is 0 Å². The molecule has 1 saturated heterocycles. The second-order valence-electron chi connectivity index (χ2n) is 9.50. The average Bonchev–Trinajstić information content (AvgIpc) is 2.93. The average molecular weight is 566 g/mol. The van der Waals surface area contributed by atoms with Crippen LogP contribution in [0.25, 0.3) is 0 Å². The molecule has 0 aliphatic carbocycles. The van der Waals surface area contributed by atoms with E-state index in [1.54, 1.807) is 11.8 Å². The molecule has 1 fully saturated rings. The molecule has 0 atom stereocenters. The molecular weight excluding hydrogens is 527 g/mol. The van der Waals surface area contributed by atoms with E-state index < -0.39 is 18.1 Å². The molecule has 2 aromatic carbocycles. The van der Waals surface area contributed by atoms with E-state index in [9.17, 15) is 22.8 Å². The molecule has 1 aliphatic heterocycles. The molecule has 220 valence electrons. The number of urea groups is 1. The fraction of sp³-hybridized carbons (Fsp3) is 0.483. The van der Waals surface area contributed by atoms with E-state index >= 15 is 0 Å². The van der Waals surface area contributed by atoms with Crippen molar-refractivity contribution in [2.45, 2.75) is 45.3 Å². The zero-order valence-electron chi connectivity index (χ0n) is 22.7. The van der Waals surface area contributed by atoms with Crippen molar-refractivity contribution in [1.29, 1.82) is 0 Å². The summed E-state index contributed by atoms with van der Waals surface area (Å²) in [6, 6.07) is 20.5. The molecule has 1 aliphatic rings. The number of esters is 1. The first-order valence-corrected chi connectivity index (χ1v) is 13.4. The van der Waals surface area contributed by atoms with Crippen molar-refractivity contribution < 1.29 is 37.4 Å². The molecule has 1 heterocycles. The van der Waals surface area contributed by atoms with Crippen LogP contribution in [0, 0.1) is 5.92 Å². The van der Waals surface area contributed by atoms with Gasteiger partial charge in [-0.15, -0.1) is 0 Å². The van der Waals surface area contributed by atoms with Gasteiger partial charge in [-0.2, -0.15) is 13.2 Å². The summed E-state index contributed by atoms with van der Waals surface area (Å²) in [5.74, 6) is -2.41. The number of rotatable bonds is 11. The number of carboxylic acid groups (broad SMARTS) is 1. The Morgan fingerprint density at radius 1 is 1.00 bits per heavy atom. The van der Waals surface area contributed by atoms with Gasteiger partial charge in [-0.05, 0) is 69.3 Å². The van der Waals surface area contributed by atoms with Gasteiger partial charge < -0.3 is 25.0 Å². The van der Waals surface area contributed by atoms with E-state index in [1.165, 1.54) is 24.8 Å². The van der Waals surface area contributed by atoms with Gasteiger partial charge in [0, 0.05) is 13.1 Å². The normalized spacial score (nSPS) is 14.0. The summed E-state index contributed by atoms with van der Waals surface area (Å²) in [7, 11) is 0. The number of carbonyl (C=O) groups excluding carboxylic acids is 2. The lowest BCUT2D eigenvalue weighted by atomic mass is 9.90. The number of aliphatic carboxylic acids is 1. The Labute approximate surface area is 233 Å². The summed E-state index contributed by atoms with van der Waals surface area (Å²) < 4.78 is 36.7. The second kappa shape index (κ2) is 17.2. The summed E-state index contributed by atoms with van der Waals surface area (Å²) in [6.45, 7) is 6.34. The van der Waals surface area contributed by atoms with E-state index in [-0.39, 0.29) is 12.6 Å². The molecule has 40 heavy (non-hydrogen) atoms. The maximum Gasteiger partial charge on any atom is 0.490 e. The second-order valence-corrected chi connectivity index (χ2v) is 9.50. The fourth-order valence-corrected chi connectivity index (χ4v) is 4.37. The van der Waals surface area contributed by atoms with Crippen LogP contribution >= 0.6 is 0 Å². The summed E-state index contributed by atoms with van der Waals surface area (Å²) in [5, 5.41) is 9.83. The third kappa shape index (κ3) is 13.0. The predicted molar refractivity (Wildman–Crippen MR) is 145 cm³/mol. The number of carboxylic acids is 1. The molecule has 11 heteroatoms. The zero-order valence-corrected chi connectivity index (χ0v) is 22.7. The molecule has 0 spiro atoms. The van der Waals surface area contributed by atoms with Gasteiger partial charge in [-0.25, -0.2) is 9.59 Å². The molecule has 0 saturated carbocycles. The smallest absolute Gasteiger partial charge is 0.475 e. The number of benzene rings is 2. The summed E-state index contributed by atoms with van der Waals surface area (Å²) >= 11 is 0. The van der Waals surface area contributed by atoms with Crippen LogP contribution in [-0.4, -0.2) is 78.4 Å². The maximum atomic E-state index is 12.7. The van der Waals surface area contributed by atoms with Crippen LogP contribution < -0.4 is 5.32 Å². The number of alkyl halides is 3. The Morgan fingerprint density at radius 3 is 2.08 bits per heavy atom. The lowest BCUT2D eigenvalue weighted by molar-refractivity contribution is -0.192. The predicted octanol–water partition coefficient (Wildman–Crippen LogP) is 4.74. The van der Waals surface area contributed by atoms with Crippen molar-refractivity contribution in [3.63, 3.8) is 0 Å². The van der Waals surface area contributed by atoms with Crippen molar-refractivity contribution in [1.82, 2.24) is 15.1 Å². The molecule has 0 radical (unpaired) electrons. The Kier molecular flexibility index (Phi) is 14.0. The first kappa shape index (κ1) is 32.6. The number of hydrogen-bond donors (Lipinski definition) is 2. The number of nitrogens with zero attached hydrogens (tertiary/aromatic N) is 2. The number of nitrogens with one attached hydrogen (secondary N) is 1. The molecule has 2 amide bonds. The van der Waals surface area contributed by atoms with Crippen molar-refractivity contribution in [2.24, 2.45) is 5.92 Å². The van der Waals surface area contributed by atoms with Crippen molar-refractivity contribution in [2.75, 3.05) is 39.3 Å². The largest absolute Gasteiger partial charge is 0.490 e. The molecule has 0 unspecified atom stereocenters. The standard InChI is InChI=1S/C27H37N3O3.C2HF3O2/c1-2-33-26(31)21-28-27(32)30(22-25-12-7-4-8-13-25)17-9-16-29-18-14-24(15-19-29)20-23-10-5-3-6-11-23;3-2(4,5)1(6)7/h3-8,10-13,24H,2,9,14-22H2,1H3,(H,28,32);(H,6,7). The Morgan fingerprint density at radius 2 is 1.55 bits per heavy atom. The van der Waals surface area contributed by atoms with Gasteiger partial charge in [0.1, 0.15) is 6.54 Å². The molecule has 0 aromatic heterocycles. The van der Waals surface area contributed by atoms with Crippen molar-refractivity contribution >= 4 is 18.0 Å². The van der Waals surface area contributed by atoms with Gasteiger partial charge >= 0.3 is 24.1 Å². The van der Waals surface area contributed by atoms with E-state index in [0.717, 1.165) is 37.5 Å². The van der Waals surface area contributed by atoms with Gasteiger partial charge in [-0.3, -0.25) is 4.79 Å². The first-order chi connectivity index (χ1) is 19.1. The molecule has 0 bridgehead atoms. The van der Waals surface area contributed by atoms with E-state index in [2.05, 4.69) is 40.5 Å². The zero-order chi connectivity index (χ0) is 29.4. The van der Waals surface area contributed by atoms with Crippen LogP contribution in [0.15, 0.2) is 60.7 Å². The number of halogens is 3. The number of carbonyl (C=O) groups is 3. The highest BCUT2D eigenvalue weighted by molar-refractivity contribution is 5.80. The number of amides is 2. The third-order valence-corrected chi connectivity index (χ3v) is 6.41. The number of ether oxygens (including phenoxy) is 1. The lowest BCUT2D eigenvalue weighted by Gasteiger charge is -2.32. The van der Waals surface area contributed by atoms with E-state index in [4.69, 9.17) is 14.6 Å². The fourth-order valence-electron chi connectivity index (χ4n) is 4.37. The van der Waals surface area contributed by atoms with Gasteiger partial charge in [0.25, 0.3) is 0 Å². The minimum absolute atomic E-state index is 0.104. The Hall–Kier alpha value is -3.60. The molecule has 2 N–H and O–H groups in total. The number of hydrogen-bond acceptors (Lipinski definition) is 5. The highest BCUT2D eigenvalue weighted by Gasteiger charge is 2.38. The van der Waals surface area contributed by atoms with Crippen LogP contribution in [0.2, 0.25) is 0 Å². The summed E-state index contributed by atoms with van der Waals surface area (Å²) in [6.07, 6.45) is -0.561. The number of likely N-dealkylation sites (tertiary alicyclic amines) is 1. The Balaban J connectivity index is 0.000000708. The minimum atomic E-state index is -5.08. The third-order valence-electron chi connectivity index (χ3n) is 6.41. The summed E-state index contributed by atoms with van der Waals surface area (Å²) in [5.41, 5.74) is 2.51. The topological polar surface area (TPSA) is 99.2 Å². The molecular formula is C29H38F3N3O5. The van der Waals surface area contributed by atoms with Crippen LogP contribution in [0.3, 0.4) is 0 Å². The van der Waals surface area contributed by atoms with E-state index in [1.807, 2.05) is 30.3 Å². The molecule has 3 rings (SSSR count). The van der Waals surface area contributed by atoms with Crippen LogP contribution in [0.4, 0.5) is 18.0 Å². The minimum Gasteiger partial charge on any atom is -0.475 e. The molecule has 2 aromatic rings. The summed E-state index contributed by atoms with van der Waals surface area (Å²) in [4.78, 5) is 37.6.